The van der Waals surface area contributed by atoms with E-state index in [1.165, 1.54) is 25.7 Å². The lowest BCUT2D eigenvalue weighted by molar-refractivity contribution is 0.254. The van der Waals surface area contributed by atoms with Crippen molar-refractivity contribution in [3.8, 4) is 0 Å². The van der Waals surface area contributed by atoms with Crippen LogP contribution in [0.25, 0.3) is 0 Å². The van der Waals surface area contributed by atoms with Crippen LogP contribution in [0.15, 0.2) is 0 Å². The average molecular weight is 247 g/mol. The maximum atomic E-state index is 5.95. The first-order valence-electron chi connectivity index (χ1n) is 7.09. The van der Waals surface area contributed by atoms with Gasteiger partial charge in [-0.2, -0.15) is 0 Å². The summed E-state index contributed by atoms with van der Waals surface area (Å²) in [6, 6.07) is 0. The molecule has 1 aromatic rings. The van der Waals surface area contributed by atoms with E-state index >= 15 is 0 Å². The van der Waals surface area contributed by atoms with Gasteiger partial charge in [0.2, 0.25) is 0 Å². The number of anilines is 1. The van der Waals surface area contributed by atoms with Crippen LogP contribution in [0.2, 0.25) is 0 Å². The van der Waals surface area contributed by atoms with Crippen molar-refractivity contribution in [1.29, 1.82) is 0 Å². The molecule has 1 saturated carbocycles. The maximum absolute atomic E-state index is 5.95. The van der Waals surface area contributed by atoms with Crippen molar-refractivity contribution in [2.75, 3.05) is 5.73 Å². The molecule has 0 spiro atoms. The van der Waals surface area contributed by atoms with Gasteiger partial charge in [-0.1, -0.05) is 13.8 Å². The normalized spacial score (nSPS) is 24.5. The minimum Gasteiger partial charge on any atom is -0.383 e. The van der Waals surface area contributed by atoms with Gasteiger partial charge in [0.15, 0.2) is 0 Å². The molecule has 1 heterocycles. The summed E-state index contributed by atoms with van der Waals surface area (Å²) < 4.78 is 0. The van der Waals surface area contributed by atoms with E-state index in [9.17, 15) is 0 Å². The molecule has 18 heavy (non-hydrogen) atoms. The van der Waals surface area contributed by atoms with Crippen molar-refractivity contribution in [2.24, 2.45) is 11.8 Å². The Morgan fingerprint density at radius 3 is 2.17 bits per heavy atom. The smallest absolute Gasteiger partial charge is 0.134 e. The Balaban J connectivity index is 2.10. The second-order valence-electron chi connectivity index (χ2n) is 6.03. The van der Waals surface area contributed by atoms with Crippen molar-refractivity contribution in [2.45, 2.75) is 59.3 Å². The number of hydrogen-bond acceptors (Lipinski definition) is 3. The summed E-state index contributed by atoms with van der Waals surface area (Å²) in [5.41, 5.74) is 8.01. The summed E-state index contributed by atoms with van der Waals surface area (Å²) in [4.78, 5) is 9.13. The molecule has 0 aromatic carbocycles. The standard InChI is InChI=1S/C15H25N3/c1-9(2)12-5-7-13(8-6-12)15-17-11(4)10(3)14(16)18-15/h9,12-13H,5-8H2,1-4H3,(H2,16,17,18). The Kier molecular flexibility index (Phi) is 3.88. The van der Waals surface area contributed by atoms with Gasteiger partial charge in [-0.15, -0.1) is 0 Å². The Morgan fingerprint density at radius 2 is 1.67 bits per heavy atom. The van der Waals surface area contributed by atoms with E-state index in [0.29, 0.717) is 11.7 Å². The summed E-state index contributed by atoms with van der Waals surface area (Å²) in [5.74, 6) is 3.82. The average Bonchev–Trinajstić information content (AvgIpc) is 2.35. The third-order valence-electron chi connectivity index (χ3n) is 4.52. The highest BCUT2D eigenvalue weighted by Crippen LogP contribution is 2.37. The highest BCUT2D eigenvalue weighted by molar-refractivity contribution is 5.40. The minimum absolute atomic E-state index is 0.515. The van der Waals surface area contributed by atoms with E-state index in [-0.39, 0.29) is 0 Å². The van der Waals surface area contributed by atoms with Crippen molar-refractivity contribution in [1.82, 2.24) is 9.97 Å². The number of hydrogen-bond donors (Lipinski definition) is 1. The molecule has 0 atom stereocenters. The van der Waals surface area contributed by atoms with Gasteiger partial charge >= 0.3 is 0 Å². The summed E-state index contributed by atoms with van der Waals surface area (Å²) in [7, 11) is 0. The highest BCUT2D eigenvalue weighted by atomic mass is 15.0. The van der Waals surface area contributed by atoms with Crippen LogP contribution < -0.4 is 5.73 Å². The molecule has 0 amide bonds. The van der Waals surface area contributed by atoms with Crippen LogP contribution in [0.4, 0.5) is 5.82 Å². The quantitative estimate of drug-likeness (QED) is 0.868. The van der Waals surface area contributed by atoms with Crippen molar-refractivity contribution >= 4 is 5.82 Å². The van der Waals surface area contributed by atoms with Crippen molar-refractivity contribution in [3.63, 3.8) is 0 Å². The number of nitrogens with two attached hydrogens (primary N) is 1. The molecule has 3 heteroatoms. The summed E-state index contributed by atoms with van der Waals surface area (Å²) in [6.07, 6.45) is 5.03. The number of nitrogens with zero attached hydrogens (tertiary/aromatic N) is 2. The van der Waals surface area contributed by atoms with Gasteiger partial charge in [0, 0.05) is 17.2 Å². The lowest BCUT2D eigenvalue weighted by Gasteiger charge is -2.30. The Bertz CT molecular complexity index is 395. The molecule has 100 valence electrons. The fourth-order valence-corrected chi connectivity index (χ4v) is 2.90. The van der Waals surface area contributed by atoms with Crippen LogP contribution in [0.5, 0.6) is 0 Å². The number of aryl methyl sites for hydroxylation is 1. The highest BCUT2D eigenvalue weighted by Gasteiger charge is 2.26. The third kappa shape index (κ3) is 2.65. The lowest BCUT2D eigenvalue weighted by atomic mass is 9.76. The van der Waals surface area contributed by atoms with Gasteiger partial charge in [0.05, 0.1) is 0 Å². The van der Waals surface area contributed by atoms with Crippen LogP contribution in [0.3, 0.4) is 0 Å². The van der Waals surface area contributed by atoms with Gasteiger partial charge in [-0.3, -0.25) is 0 Å². The van der Waals surface area contributed by atoms with E-state index < -0.39 is 0 Å². The van der Waals surface area contributed by atoms with Gasteiger partial charge < -0.3 is 5.73 Å². The largest absolute Gasteiger partial charge is 0.383 e. The molecule has 0 radical (unpaired) electrons. The van der Waals surface area contributed by atoms with Crippen LogP contribution in [0, 0.1) is 25.7 Å². The summed E-state index contributed by atoms with van der Waals surface area (Å²) >= 11 is 0. The maximum Gasteiger partial charge on any atom is 0.134 e. The molecule has 0 unspecified atom stereocenters. The lowest BCUT2D eigenvalue weighted by Crippen LogP contribution is -2.19. The fraction of sp³-hybridized carbons (Fsp3) is 0.733. The Labute approximate surface area is 110 Å². The molecule has 2 rings (SSSR count). The fourth-order valence-electron chi connectivity index (χ4n) is 2.90. The second kappa shape index (κ2) is 5.25. The number of nitrogen functional groups attached to an aromatic ring is 1. The van der Waals surface area contributed by atoms with Crippen LogP contribution in [-0.4, -0.2) is 9.97 Å². The first kappa shape index (κ1) is 13.3. The molecule has 2 N–H and O–H groups in total. The zero-order valence-corrected chi connectivity index (χ0v) is 12.0. The van der Waals surface area contributed by atoms with E-state index in [1.54, 1.807) is 0 Å². The molecule has 0 aliphatic heterocycles. The number of aromatic nitrogens is 2. The topological polar surface area (TPSA) is 51.8 Å². The molecule has 1 aliphatic rings. The molecule has 3 nitrogen and oxygen atoms in total. The summed E-state index contributed by atoms with van der Waals surface area (Å²) in [5, 5.41) is 0. The van der Waals surface area contributed by atoms with Gasteiger partial charge in [-0.05, 0) is 51.4 Å². The third-order valence-corrected chi connectivity index (χ3v) is 4.52. The van der Waals surface area contributed by atoms with Crippen molar-refractivity contribution in [3.05, 3.63) is 17.1 Å². The van der Waals surface area contributed by atoms with Gasteiger partial charge in [0.25, 0.3) is 0 Å². The first-order chi connectivity index (χ1) is 8.49. The zero-order chi connectivity index (χ0) is 13.3. The molecule has 0 saturated heterocycles. The van der Waals surface area contributed by atoms with E-state index in [4.69, 9.17) is 5.73 Å². The van der Waals surface area contributed by atoms with Crippen LogP contribution in [-0.2, 0) is 0 Å². The number of rotatable bonds is 2. The Hall–Kier alpha value is -1.12. The van der Waals surface area contributed by atoms with E-state index in [2.05, 4.69) is 23.8 Å². The SMILES string of the molecule is Cc1nc(C2CCC(C(C)C)CC2)nc(N)c1C. The molecule has 1 aromatic heterocycles. The Morgan fingerprint density at radius 1 is 1.06 bits per heavy atom. The van der Waals surface area contributed by atoms with Gasteiger partial charge in [-0.25, -0.2) is 9.97 Å². The predicted octanol–water partition coefficient (Wildman–Crippen LogP) is 3.61. The molecular formula is C15H25N3. The van der Waals surface area contributed by atoms with E-state index in [0.717, 1.165) is 28.9 Å². The molecule has 0 bridgehead atoms. The minimum atomic E-state index is 0.515. The second-order valence-corrected chi connectivity index (χ2v) is 6.03. The van der Waals surface area contributed by atoms with Crippen molar-refractivity contribution < 1.29 is 0 Å². The molecular weight excluding hydrogens is 222 g/mol. The van der Waals surface area contributed by atoms with Crippen LogP contribution in [0.1, 0.15) is 62.5 Å². The first-order valence-corrected chi connectivity index (χ1v) is 7.09. The van der Waals surface area contributed by atoms with Gasteiger partial charge in [0.1, 0.15) is 11.6 Å². The van der Waals surface area contributed by atoms with Crippen LogP contribution >= 0.6 is 0 Å². The summed E-state index contributed by atoms with van der Waals surface area (Å²) in [6.45, 7) is 8.67. The monoisotopic (exact) mass is 247 g/mol. The predicted molar refractivity (Wildman–Crippen MR) is 75.5 cm³/mol. The molecule has 1 aliphatic carbocycles. The zero-order valence-electron chi connectivity index (χ0n) is 12.0. The molecule has 1 fully saturated rings. The van der Waals surface area contributed by atoms with E-state index in [1.807, 2.05) is 13.8 Å².